The molecule has 7 nitrogen and oxygen atoms in total. The van der Waals surface area contributed by atoms with E-state index in [4.69, 9.17) is 10.5 Å². The number of nitrogens with one attached hydrogen (secondary N) is 1. The van der Waals surface area contributed by atoms with Crippen molar-refractivity contribution >= 4 is 17.9 Å². The number of alkyl halides is 1. The van der Waals surface area contributed by atoms with Crippen LogP contribution >= 0.6 is 0 Å². The summed E-state index contributed by atoms with van der Waals surface area (Å²) < 4.78 is 19.9. The van der Waals surface area contributed by atoms with Gasteiger partial charge in [-0.2, -0.15) is 0 Å². The highest BCUT2D eigenvalue weighted by molar-refractivity contribution is 6.02. The van der Waals surface area contributed by atoms with Gasteiger partial charge in [0.15, 0.2) is 0 Å². The van der Waals surface area contributed by atoms with E-state index in [-0.39, 0.29) is 25.4 Å². The van der Waals surface area contributed by atoms with Crippen LogP contribution in [-0.4, -0.2) is 53.2 Å². The second-order valence-corrected chi connectivity index (χ2v) is 8.23. The van der Waals surface area contributed by atoms with Crippen molar-refractivity contribution in [3.8, 4) is 0 Å². The van der Waals surface area contributed by atoms with E-state index in [9.17, 15) is 18.8 Å². The van der Waals surface area contributed by atoms with Gasteiger partial charge in [0.2, 0.25) is 5.91 Å². The monoisotopic (exact) mass is 371 g/mol. The number of carbonyl (C=O) groups excluding carboxylic acids is 3. The summed E-state index contributed by atoms with van der Waals surface area (Å²) in [4.78, 5) is 38.7. The molecule has 3 amide bonds. The third-order valence-corrected chi connectivity index (χ3v) is 5.12. The van der Waals surface area contributed by atoms with E-state index >= 15 is 0 Å². The highest BCUT2D eigenvalue weighted by Gasteiger charge is 2.59. The Hall–Kier alpha value is -1.70. The first-order valence-corrected chi connectivity index (χ1v) is 9.29. The van der Waals surface area contributed by atoms with Crippen molar-refractivity contribution in [1.29, 1.82) is 0 Å². The van der Waals surface area contributed by atoms with Crippen LogP contribution in [0.5, 0.6) is 0 Å². The summed E-state index contributed by atoms with van der Waals surface area (Å²) in [5, 5.41) is 2.26. The summed E-state index contributed by atoms with van der Waals surface area (Å²) in [6.07, 6.45) is 2.07. The standard InChI is InChI=1S/C18H30FN3O4/c1-17(2,3)26-16(25)22-11-13(19)9-18(22,12-7-5-4-6-8-12)15(24)21-14(23)10-20/h12-13H,4-11,20H2,1-3H3,(H,21,23,24). The fourth-order valence-corrected chi connectivity index (χ4v) is 4.08. The molecule has 0 aromatic rings. The van der Waals surface area contributed by atoms with Gasteiger partial charge in [0, 0.05) is 6.42 Å². The van der Waals surface area contributed by atoms with Crippen LogP contribution < -0.4 is 11.1 Å². The van der Waals surface area contributed by atoms with Crippen LogP contribution in [0.15, 0.2) is 0 Å². The van der Waals surface area contributed by atoms with Crippen LogP contribution in [0.4, 0.5) is 9.18 Å². The highest BCUT2D eigenvalue weighted by atomic mass is 19.1. The Bertz CT molecular complexity index is 557. The molecule has 0 bridgehead atoms. The first kappa shape index (κ1) is 20.6. The molecule has 1 aliphatic carbocycles. The van der Waals surface area contributed by atoms with E-state index in [0.29, 0.717) is 12.8 Å². The normalized spacial score (nSPS) is 27.3. The summed E-state index contributed by atoms with van der Waals surface area (Å²) in [6, 6.07) is 0. The Kier molecular flexibility index (Phi) is 6.26. The molecule has 1 heterocycles. The van der Waals surface area contributed by atoms with Gasteiger partial charge >= 0.3 is 6.09 Å². The number of nitrogens with two attached hydrogens (primary N) is 1. The highest BCUT2D eigenvalue weighted by Crippen LogP contribution is 2.44. The van der Waals surface area contributed by atoms with Crippen LogP contribution in [0.25, 0.3) is 0 Å². The smallest absolute Gasteiger partial charge is 0.411 e. The van der Waals surface area contributed by atoms with Crippen molar-refractivity contribution in [2.45, 2.75) is 76.6 Å². The number of nitrogens with zero attached hydrogens (tertiary/aromatic N) is 1. The Morgan fingerprint density at radius 2 is 1.85 bits per heavy atom. The summed E-state index contributed by atoms with van der Waals surface area (Å²) in [7, 11) is 0. The summed E-state index contributed by atoms with van der Waals surface area (Å²) in [6.45, 7) is 4.59. The third-order valence-electron chi connectivity index (χ3n) is 5.12. The Balaban J connectivity index is 2.39. The largest absolute Gasteiger partial charge is 0.444 e. The molecule has 2 unspecified atom stereocenters. The summed E-state index contributed by atoms with van der Waals surface area (Å²) in [5.74, 6) is -1.50. The maximum Gasteiger partial charge on any atom is 0.411 e. The lowest BCUT2D eigenvalue weighted by Crippen LogP contribution is -2.63. The Labute approximate surface area is 153 Å². The zero-order valence-corrected chi connectivity index (χ0v) is 15.8. The molecule has 26 heavy (non-hydrogen) atoms. The molecule has 0 aromatic heterocycles. The lowest BCUT2D eigenvalue weighted by Gasteiger charge is -2.44. The zero-order chi connectivity index (χ0) is 19.5. The number of likely N-dealkylation sites (tertiary alicyclic amines) is 1. The second kappa shape index (κ2) is 7.90. The van der Waals surface area contributed by atoms with Crippen LogP contribution in [0, 0.1) is 5.92 Å². The minimum atomic E-state index is -1.41. The van der Waals surface area contributed by atoms with Crippen molar-refractivity contribution in [1.82, 2.24) is 10.2 Å². The predicted octanol–water partition coefficient (Wildman–Crippen LogP) is 1.89. The quantitative estimate of drug-likeness (QED) is 0.789. The molecule has 1 saturated heterocycles. The van der Waals surface area contributed by atoms with Crippen molar-refractivity contribution in [3.05, 3.63) is 0 Å². The molecule has 1 saturated carbocycles. The average Bonchev–Trinajstić information content (AvgIpc) is 2.93. The van der Waals surface area contributed by atoms with Crippen LogP contribution in [0.2, 0.25) is 0 Å². The number of amides is 3. The van der Waals surface area contributed by atoms with Gasteiger partial charge in [0.1, 0.15) is 17.3 Å². The maximum atomic E-state index is 14.5. The molecule has 2 fully saturated rings. The molecule has 2 aliphatic rings. The minimum Gasteiger partial charge on any atom is -0.444 e. The molecule has 148 valence electrons. The topological polar surface area (TPSA) is 102 Å². The number of hydrogen-bond acceptors (Lipinski definition) is 5. The first-order chi connectivity index (χ1) is 12.1. The van der Waals surface area contributed by atoms with Gasteiger partial charge in [-0.1, -0.05) is 19.3 Å². The van der Waals surface area contributed by atoms with Gasteiger partial charge in [-0.3, -0.25) is 19.8 Å². The van der Waals surface area contributed by atoms with Crippen LogP contribution in [0.1, 0.15) is 59.3 Å². The number of ether oxygens (including phenoxy) is 1. The summed E-state index contributed by atoms with van der Waals surface area (Å²) in [5.41, 5.74) is 3.12. The van der Waals surface area contributed by atoms with Crippen molar-refractivity contribution in [2.75, 3.05) is 13.1 Å². The number of carbonyl (C=O) groups is 3. The SMILES string of the molecule is CC(C)(C)OC(=O)N1CC(F)CC1(C(=O)NC(=O)CN)C1CCCCC1. The van der Waals surface area contributed by atoms with E-state index in [1.54, 1.807) is 20.8 Å². The lowest BCUT2D eigenvalue weighted by atomic mass is 9.72. The van der Waals surface area contributed by atoms with Gasteiger partial charge < -0.3 is 10.5 Å². The van der Waals surface area contributed by atoms with E-state index in [1.807, 2.05) is 0 Å². The molecule has 8 heteroatoms. The number of imide groups is 1. The van der Waals surface area contributed by atoms with Gasteiger partial charge in [-0.05, 0) is 39.5 Å². The Morgan fingerprint density at radius 3 is 2.38 bits per heavy atom. The molecule has 0 aromatic carbocycles. The lowest BCUT2D eigenvalue weighted by molar-refractivity contribution is -0.140. The molecular weight excluding hydrogens is 341 g/mol. The Morgan fingerprint density at radius 1 is 1.23 bits per heavy atom. The maximum absolute atomic E-state index is 14.5. The fourth-order valence-electron chi connectivity index (χ4n) is 4.08. The predicted molar refractivity (Wildman–Crippen MR) is 94.0 cm³/mol. The first-order valence-electron chi connectivity index (χ1n) is 9.29. The molecule has 3 N–H and O–H groups in total. The van der Waals surface area contributed by atoms with Crippen molar-refractivity contribution < 1.29 is 23.5 Å². The van der Waals surface area contributed by atoms with Gasteiger partial charge in [0.05, 0.1) is 13.1 Å². The molecule has 2 atom stereocenters. The molecule has 0 spiro atoms. The van der Waals surface area contributed by atoms with Crippen LogP contribution in [0.3, 0.4) is 0 Å². The summed E-state index contributed by atoms with van der Waals surface area (Å²) >= 11 is 0. The van der Waals surface area contributed by atoms with E-state index in [1.165, 1.54) is 4.90 Å². The number of halogens is 1. The zero-order valence-electron chi connectivity index (χ0n) is 15.8. The van der Waals surface area contributed by atoms with E-state index in [0.717, 1.165) is 19.3 Å². The van der Waals surface area contributed by atoms with Gasteiger partial charge in [-0.25, -0.2) is 9.18 Å². The van der Waals surface area contributed by atoms with Crippen molar-refractivity contribution in [2.24, 2.45) is 11.7 Å². The molecular formula is C18H30FN3O4. The van der Waals surface area contributed by atoms with Gasteiger partial charge in [-0.15, -0.1) is 0 Å². The average molecular weight is 371 g/mol. The fraction of sp³-hybridized carbons (Fsp3) is 0.833. The molecule has 2 rings (SSSR count). The van der Waals surface area contributed by atoms with E-state index in [2.05, 4.69) is 5.32 Å². The minimum absolute atomic E-state index is 0.124. The number of rotatable bonds is 3. The van der Waals surface area contributed by atoms with Crippen molar-refractivity contribution in [3.63, 3.8) is 0 Å². The third kappa shape index (κ3) is 4.34. The second-order valence-electron chi connectivity index (χ2n) is 8.23. The van der Waals surface area contributed by atoms with Gasteiger partial charge in [0.25, 0.3) is 5.91 Å². The molecule has 0 radical (unpaired) electrons. The van der Waals surface area contributed by atoms with E-state index < -0.39 is 35.2 Å². The number of hydrogen-bond donors (Lipinski definition) is 2. The molecule has 1 aliphatic heterocycles. The van der Waals surface area contributed by atoms with Crippen LogP contribution in [-0.2, 0) is 14.3 Å².